The first-order chi connectivity index (χ1) is 13.1. The van der Waals surface area contributed by atoms with Crippen molar-refractivity contribution in [3.63, 3.8) is 0 Å². The van der Waals surface area contributed by atoms with Crippen molar-refractivity contribution < 1.29 is 14.3 Å². The summed E-state index contributed by atoms with van der Waals surface area (Å²) in [6, 6.07) is 0.0962. The van der Waals surface area contributed by atoms with Crippen LogP contribution in [0.5, 0.6) is 0 Å². The lowest BCUT2D eigenvalue weighted by atomic mass is 10.2. The Labute approximate surface area is 157 Å². The minimum Gasteiger partial charge on any atom is -0.365 e. The Morgan fingerprint density at radius 3 is 3.07 bits per heavy atom. The molecule has 1 aliphatic heterocycles. The summed E-state index contributed by atoms with van der Waals surface area (Å²) in [5, 5.41) is 6.10. The Morgan fingerprint density at radius 1 is 1.56 bits per heavy atom. The third-order valence-corrected chi connectivity index (χ3v) is 4.53. The summed E-state index contributed by atoms with van der Waals surface area (Å²) in [6.45, 7) is 7.28. The molecule has 1 unspecified atom stereocenters. The zero-order valence-corrected chi connectivity index (χ0v) is 15.5. The Balaban J connectivity index is 1.72. The fourth-order valence-corrected chi connectivity index (χ4v) is 3.26. The lowest BCUT2D eigenvalue weighted by Crippen LogP contribution is -2.41. The van der Waals surface area contributed by atoms with E-state index in [1.165, 1.54) is 13.2 Å². The molecule has 0 bridgehead atoms. The summed E-state index contributed by atoms with van der Waals surface area (Å²) in [6.07, 6.45) is 4.74. The van der Waals surface area contributed by atoms with Gasteiger partial charge in [-0.2, -0.15) is 0 Å². The number of ketones is 1. The van der Waals surface area contributed by atoms with E-state index in [0.717, 1.165) is 13.0 Å². The van der Waals surface area contributed by atoms with Crippen LogP contribution in [0.1, 0.15) is 23.7 Å². The lowest BCUT2D eigenvalue weighted by Gasteiger charge is -2.24. The number of aromatic amines is 1. The molecule has 9 heteroatoms. The summed E-state index contributed by atoms with van der Waals surface area (Å²) in [5.41, 5.74) is 1.55. The number of H-pyrrole nitrogens is 1. The molecule has 1 aliphatic rings. The average Bonchev–Trinajstić information content (AvgIpc) is 3.29. The van der Waals surface area contributed by atoms with Gasteiger partial charge in [0.2, 0.25) is 0 Å². The summed E-state index contributed by atoms with van der Waals surface area (Å²) < 4.78 is 5.30. The maximum Gasteiger partial charge on any atom is 0.255 e. The van der Waals surface area contributed by atoms with Gasteiger partial charge in [0.1, 0.15) is 11.3 Å². The number of nitrogens with one attached hydrogen (secondary N) is 3. The number of methoxy groups -OCH3 is 1. The molecule has 2 aromatic heterocycles. The molecule has 0 aromatic carbocycles. The predicted octanol–water partition coefficient (Wildman–Crippen LogP) is 0.921. The van der Waals surface area contributed by atoms with E-state index in [1.807, 2.05) is 11.8 Å². The number of hydrogen-bond donors (Lipinski definition) is 3. The van der Waals surface area contributed by atoms with E-state index < -0.39 is 6.23 Å². The SMILES string of the molecule is C=CC(=O)C(OC)N1CC[C@@H](Nc2cnc3[nH]cc(C(=O)NCC)c3n2)C1. The standard InChI is InChI=1S/C18H24N6O3/c1-4-13(25)18(27-3)24-7-6-11(10-24)22-14-9-21-16-15(23-14)12(8-20-16)17(26)19-5-2/h4,8-9,11,18H,1,5-7,10H2,2-3H3,(H,19,26)(H,20,21)(H,22,23)/t11-,18?/m1/s1. The van der Waals surface area contributed by atoms with Gasteiger partial charge in [0.15, 0.2) is 17.7 Å². The molecular formula is C18H24N6O3. The molecule has 2 atom stereocenters. The molecule has 1 saturated heterocycles. The molecule has 3 rings (SSSR count). The fraction of sp³-hybridized carbons (Fsp3) is 0.444. The fourth-order valence-electron chi connectivity index (χ4n) is 3.26. The largest absolute Gasteiger partial charge is 0.365 e. The molecule has 3 N–H and O–H groups in total. The average molecular weight is 372 g/mol. The maximum atomic E-state index is 12.1. The van der Waals surface area contributed by atoms with Crippen molar-refractivity contribution in [2.24, 2.45) is 0 Å². The van der Waals surface area contributed by atoms with Gasteiger partial charge in [-0.1, -0.05) is 6.58 Å². The predicted molar refractivity (Wildman–Crippen MR) is 101 cm³/mol. The molecule has 9 nitrogen and oxygen atoms in total. The van der Waals surface area contributed by atoms with Crippen LogP contribution in [0.15, 0.2) is 25.0 Å². The Bertz CT molecular complexity index is 849. The topological polar surface area (TPSA) is 112 Å². The van der Waals surface area contributed by atoms with Crippen LogP contribution in [0.3, 0.4) is 0 Å². The second-order valence-corrected chi connectivity index (χ2v) is 6.33. The van der Waals surface area contributed by atoms with Crippen LogP contribution < -0.4 is 10.6 Å². The normalized spacial score (nSPS) is 18.4. The third kappa shape index (κ3) is 3.99. The van der Waals surface area contributed by atoms with Crippen LogP contribution in [0.25, 0.3) is 11.2 Å². The van der Waals surface area contributed by atoms with Gasteiger partial charge in [-0.05, 0) is 19.4 Å². The molecule has 144 valence electrons. The highest BCUT2D eigenvalue weighted by Crippen LogP contribution is 2.20. The molecule has 0 aliphatic carbocycles. The van der Waals surface area contributed by atoms with Gasteiger partial charge in [-0.15, -0.1) is 0 Å². The van der Waals surface area contributed by atoms with E-state index >= 15 is 0 Å². The van der Waals surface area contributed by atoms with Crippen molar-refractivity contribution in [2.75, 3.05) is 32.1 Å². The Morgan fingerprint density at radius 2 is 2.37 bits per heavy atom. The monoisotopic (exact) mass is 372 g/mol. The number of aromatic nitrogens is 3. The number of nitrogens with zero attached hydrogens (tertiary/aromatic N) is 3. The van der Waals surface area contributed by atoms with Gasteiger partial charge in [-0.3, -0.25) is 14.5 Å². The first-order valence-corrected chi connectivity index (χ1v) is 8.89. The van der Waals surface area contributed by atoms with Crippen LogP contribution in [0, 0.1) is 0 Å². The smallest absolute Gasteiger partial charge is 0.255 e. The summed E-state index contributed by atoms with van der Waals surface area (Å²) in [4.78, 5) is 37.8. The second kappa shape index (κ2) is 8.28. The van der Waals surface area contributed by atoms with Crippen LogP contribution >= 0.6 is 0 Å². The van der Waals surface area contributed by atoms with Crippen LogP contribution in [-0.4, -0.2) is 70.6 Å². The van der Waals surface area contributed by atoms with Gasteiger partial charge in [-0.25, -0.2) is 9.97 Å². The molecule has 1 amide bonds. The van der Waals surface area contributed by atoms with Crippen LogP contribution in [0.4, 0.5) is 5.82 Å². The number of carbonyl (C=O) groups is 2. The van der Waals surface area contributed by atoms with E-state index in [-0.39, 0.29) is 17.7 Å². The molecule has 0 spiro atoms. The zero-order valence-electron chi connectivity index (χ0n) is 15.5. The minimum atomic E-state index is -0.614. The summed E-state index contributed by atoms with van der Waals surface area (Å²) in [5.74, 6) is 0.245. The molecule has 0 radical (unpaired) electrons. The Kier molecular flexibility index (Phi) is 5.82. The molecular weight excluding hydrogens is 348 g/mol. The van der Waals surface area contributed by atoms with E-state index in [4.69, 9.17) is 4.74 Å². The number of hydrogen-bond acceptors (Lipinski definition) is 7. The van der Waals surface area contributed by atoms with Gasteiger partial charge < -0.3 is 20.4 Å². The number of anilines is 1. The van der Waals surface area contributed by atoms with Crippen molar-refractivity contribution in [3.05, 3.63) is 30.6 Å². The quantitative estimate of drug-likeness (QED) is 0.591. The van der Waals surface area contributed by atoms with Crippen molar-refractivity contribution in [2.45, 2.75) is 25.6 Å². The minimum absolute atomic E-state index is 0.0962. The first kappa shape index (κ1) is 19.0. The highest BCUT2D eigenvalue weighted by molar-refractivity contribution is 6.04. The molecule has 1 fully saturated rings. The second-order valence-electron chi connectivity index (χ2n) is 6.33. The molecule has 3 heterocycles. The number of ether oxygens (including phenoxy) is 1. The first-order valence-electron chi connectivity index (χ1n) is 8.89. The number of fused-ring (bicyclic) bond motifs is 1. The lowest BCUT2D eigenvalue weighted by molar-refractivity contribution is -0.134. The van der Waals surface area contributed by atoms with Gasteiger partial charge in [0, 0.05) is 39.0 Å². The highest BCUT2D eigenvalue weighted by atomic mass is 16.5. The van der Waals surface area contributed by atoms with Crippen molar-refractivity contribution in [1.29, 1.82) is 0 Å². The zero-order chi connectivity index (χ0) is 19.4. The van der Waals surface area contributed by atoms with Crippen LogP contribution in [-0.2, 0) is 9.53 Å². The van der Waals surface area contributed by atoms with Crippen molar-refractivity contribution in [3.8, 4) is 0 Å². The highest BCUT2D eigenvalue weighted by Gasteiger charge is 2.31. The van der Waals surface area contributed by atoms with E-state index in [0.29, 0.717) is 35.6 Å². The molecule has 2 aromatic rings. The third-order valence-electron chi connectivity index (χ3n) is 4.53. The van der Waals surface area contributed by atoms with E-state index in [9.17, 15) is 9.59 Å². The van der Waals surface area contributed by atoms with Gasteiger partial charge in [0.25, 0.3) is 5.91 Å². The van der Waals surface area contributed by atoms with Crippen molar-refractivity contribution in [1.82, 2.24) is 25.2 Å². The van der Waals surface area contributed by atoms with Crippen LogP contribution in [0.2, 0.25) is 0 Å². The number of amides is 1. The molecule has 27 heavy (non-hydrogen) atoms. The summed E-state index contributed by atoms with van der Waals surface area (Å²) in [7, 11) is 1.51. The van der Waals surface area contributed by atoms with Crippen molar-refractivity contribution >= 4 is 28.7 Å². The Hall–Kier alpha value is -2.78. The molecule has 0 saturated carbocycles. The summed E-state index contributed by atoms with van der Waals surface area (Å²) >= 11 is 0. The number of rotatable bonds is 8. The van der Waals surface area contributed by atoms with Gasteiger partial charge >= 0.3 is 0 Å². The van der Waals surface area contributed by atoms with E-state index in [2.05, 4.69) is 32.2 Å². The number of carbonyl (C=O) groups excluding carboxylic acids is 2. The van der Waals surface area contributed by atoms with Gasteiger partial charge in [0.05, 0.1) is 11.8 Å². The number of likely N-dealkylation sites (tertiary alicyclic amines) is 1. The maximum absolute atomic E-state index is 12.1. The van der Waals surface area contributed by atoms with E-state index in [1.54, 1.807) is 12.4 Å².